The van der Waals surface area contributed by atoms with Crippen LogP contribution in [-0.4, -0.2) is 10.1 Å². The highest BCUT2D eigenvalue weighted by molar-refractivity contribution is 9.11. The number of aliphatic hydroxyl groups is 1. The fraction of sp³-hybridized carbons (Fsp3) is 0.214. The van der Waals surface area contributed by atoms with Gasteiger partial charge in [-0.25, -0.2) is 0 Å². The Kier molecular flexibility index (Phi) is 4.54. The standard InChI is InChI=1S/C14H13Br2NO/c1-9-3-2-6-17-13(9)8-14(18)11-5-4-10(15)7-12(11)16/h2-7,14,18H,8H2,1H3. The number of hydrogen-bond acceptors (Lipinski definition) is 2. The number of nitrogens with zero attached hydrogens (tertiary/aromatic N) is 1. The molecule has 0 bridgehead atoms. The van der Waals surface area contributed by atoms with E-state index in [1.54, 1.807) is 6.20 Å². The third-order valence-electron chi connectivity index (χ3n) is 2.83. The first-order valence-electron chi connectivity index (χ1n) is 5.61. The lowest BCUT2D eigenvalue weighted by Crippen LogP contribution is -2.05. The predicted molar refractivity (Wildman–Crippen MR) is 79.5 cm³/mol. The van der Waals surface area contributed by atoms with Crippen LogP contribution in [0.25, 0.3) is 0 Å². The van der Waals surface area contributed by atoms with Crippen LogP contribution in [0.3, 0.4) is 0 Å². The summed E-state index contributed by atoms with van der Waals surface area (Å²) in [6.45, 7) is 2.01. The van der Waals surface area contributed by atoms with Gasteiger partial charge in [0.25, 0.3) is 0 Å². The average Bonchev–Trinajstić information content (AvgIpc) is 2.32. The molecule has 1 aromatic heterocycles. The molecular weight excluding hydrogens is 358 g/mol. The molecule has 0 spiro atoms. The molecule has 1 atom stereocenters. The van der Waals surface area contributed by atoms with Gasteiger partial charge in [-0.2, -0.15) is 0 Å². The number of halogens is 2. The molecule has 0 saturated heterocycles. The molecule has 1 unspecified atom stereocenters. The highest BCUT2D eigenvalue weighted by Gasteiger charge is 2.14. The Balaban J connectivity index is 2.22. The third-order valence-corrected chi connectivity index (χ3v) is 4.01. The minimum atomic E-state index is -0.555. The molecule has 0 radical (unpaired) electrons. The van der Waals surface area contributed by atoms with E-state index in [9.17, 15) is 5.11 Å². The summed E-state index contributed by atoms with van der Waals surface area (Å²) < 4.78 is 1.89. The molecule has 0 aliphatic heterocycles. The summed E-state index contributed by atoms with van der Waals surface area (Å²) in [4.78, 5) is 4.31. The number of aromatic nitrogens is 1. The highest BCUT2D eigenvalue weighted by atomic mass is 79.9. The van der Waals surface area contributed by atoms with Crippen molar-refractivity contribution in [2.75, 3.05) is 0 Å². The third kappa shape index (κ3) is 3.19. The summed E-state index contributed by atoms with van der Waals surface area (Å²) >= 11 is 6.87. The Bertz CT molecular complexity index is 557. The van der Waals surface area contributed by atoms with E-state index in [1.165, 1.54) is 0 Å². The molecule has 94 valence electrons. The predicted octanol–water partition coefficient (Wildman–Crippen LogP) is 4.19. The molecule has 1 N–H and O–H groups in total. The van der Waals surface area contributed by atoms with E-state index in [1.807, 2.05) is 37.3 Å². The van der Waals surface area contributed by atoms with Crippen molar-refractivity contribution in [2.24, 2.45) is 0 Å². The lowest BCUT2D eigenvalue weighted by atomic mass is 10.0. The van der Waals surface area contributed by atoms with Gasteiger partial charge in [-0.05, 0) is 36.2 Å². The van der Waals surface area contributed by atoms with Gasteiger partial charge in [0.1, 0.15) is 0 Å². The largest absolute Gasteiger partial charge is 0.388 e. The smallest absolute Gasteiger partial charge is 0.0856 e. The number of pyridine rings is 1. The van der Waals surface area contributed by atoms with E-state index in [0.29, 0.717) is 6.42 Å². The van der Waals surface area contributed by atoms with Crippen LogP contribution in [-0.2, 0) is 6.42 Å². The number of hydrogen-bond donors (Lipinski definition) is 1. The number of rotatable bonds is 3. The lowest BCUT2D eigenvalue weighted by molar-refractivity contribution is 0.176. The molecule has 0 aliphatic rings. The van der Waals surface area contributed by atoms with Crippen LogP contribution in [0, 0.1) is 6.92 Å². The molecule has 0 saturated carbocycles. The van der Waals surface area contributed by atoms with Crippen molar-refractivity contribution in [3.63, 3.8) is 0 Å². The number of aryl methyl sites for hydroxylation is 1. The van der Waals surface area contributed by atoms with Crippen LogP contribution in [0.15, 0.2) is 45.5 Å². The minimum absolute atomic E-state index is 0.521. The molecular formula is C14H13Br2NO. The maximum atomic E-state index is 10.3. The van der Waals surface area contributed by atoms with Crippen molar-refractivity contribution < 1.29 is 5.11 Å². The Morgan fingerprint density at radius 3 is 2.72 bits per heavy atom. The molecule has 0 aliphatic carbocycles. The molecule has 18 heavy (non-hydrogen) atoms. The monoisotopic (exact) mass is 369 g/mol. The van der Waals surface area contributed by atoms with E-state index >= 15 is 0 Å². The quantitative estimate of drug-likeness (QED) is 0.878. The lowest BCUT2D eigenvalue weighted by Gasteiger charge is -2.14. The van der Waals surface area contributed by atoms with Crippen LogP contribution in [0.1, 0.15) is 22.9 Å². The molecule has 0 amide bonds. The molecule has 2 aromatic rings. The van der Waals surface area contributed by atoms with Gasteiger partial charge in [0.15, 0.2) is 0 Å². The van der Waals surface area contributed by atoms with E-state index < -0.39 is 6.10 Å². The first-order valence-corrected chi connectivity index (χ1v) is 7.20. The summed E-state index contributed by atoms with van der Waals surface area (Å²) in [6, 6.07) is 9.68. The number of benzene rings is 1. The Labute approximate surface area is 123 Å². The maximum absolute atomic E-state index is 10.3. The average molecular weight is 371 g/mol. The molecule has 1 heterocycles. The minimum Gasteiger partial charge on any atom is -0.388 e. The van der Waals surface area contributed by atoms with Crippen molar-refractivity contribution >= 4 is 31.9 Å². The summed E-state index contributed by atoms with van der Waals surface area (Å²) in [6.07, 6.45) is 1.72. The van der Waals surface area contributed by atoms with E-state index in [0.717, 1.165) is 25.8 Å². The zero-order valence-corrected chi connectivity index (χ0v) is 13.1. The van der Waals surface area contributed by atoms with E-state index in [4.69, 9.17) is 0 Å². The first-order chi connectivity index (χ1) is 8.58. The van der Waals surface area contributed by atoms with Crippen LogP contribution < -0.4 is 0 Å². The van der Waals surface area contributed by atoms with Gasteiger partial charge in [-0.3, -0.25) is 4.98 Å². The van der Waals surface area contributed by atoms with E-state index in [-0.39, 0.29) is 0 Å². The van der Waals surface area contributed by atoms with Gasteiger partial charge in [0.05, 0.1) is 6.10 Å². The van der Waals surface area contributed by atoms with Crippen LogP contribution in [0.5, 0.6) is 0 Å². The molecule has 4 heteroatoms. The molecule has 2 rings (SSSR count). The van der Waals surface area contributed by atoms with Crippen molar-refractivity contribution in [1.29, 1.82) is 0 Å². The van der Waals surface area contributed by atoms with Gasteiger partial charge in [-0.1, -0.05) is 44.0 Å². The van der Waals surface area contributed by atoms with Gasteiger partial charge in [-0.15, -0.1) is 0 Å². The molecule has 2 nitrogen and oxygen atoms in total. The fourth-order valence-electron chi connectivity index (χ4n) is 1.80. The topological polar surface area (TPSA) is 33.1 Å². The Morgan fingerprint density at radius 2 is 2.06 bits per heavy atom. The second-order valence-corrected chi connectivity index (χ2v) is 5.92. The SMILES string of the molecule is Cc1cccnc1CC(O)c1ccc(Br)cc1Br. The van der Waals surface area contributed by atoms with E-state index in [2.05, 4.69) is 36.8 Å². The van der Waals surface area contributed by atoms with Gasteiger partial charge < -0.3 is 5.11 Å². The summed E-state index contributed by atoms with van der Waals surface area (Å²) in [7, 11) is 0. The first kappa shape index (κ1) is 13.7. The fourth-order valence-corrected chi connectivity index (χ4v) is 3.11. The molecule has 1 aromatic carbocycles. The van der Waals surface area contributed by atoms with Gasteiger partial charge in [0, 0.05) is 27.3 Å². The zero-order valence-electron chi connectivity index (χ0n) is 9.90. The second kappa shape index (κ2) is 5.95. The van der Waals surface area contributed by atoms with Crippen LogP contribution in [0.4, 0.5) is 0 Å². The van der Waals surface area contributed by atoms with Gasteiger partial charge in [0.2, 0.25) is 0 Å². The van der Waals surface area contributed by atoms with Crippen molar-refractivity contribution in [2.45, 2.75) is 19.4 Å². The Morgan fingerprint density at radius 1 is 1.28 bits per heavy atom. The number of aliphatic hydroxyl groups excluding tert-OH is 1. The van der Waals surface area contributed by atoms with Crippen LogP contribution in [0.2, 0.25) is 0 Å². The van der Waals surface area contributed by atoms with Crippen LogP contribution >= 0.6 is 31.9 Å². The van der Waals surface area contributed by atoms with Crippen molar-refractivity contribution in [3.8, 4) is 0 Å². The Hall–Kier alpha value is -0.710. The summed E-state index contributed by atoms with van der Waals surface area (Å²) in [5, 5.41) is 10.3. The maximum Gasteiger partial charge on any atom is 0.0856 e. The summed E-state index contributed by atoms with van der Waals surface area (Å²) in [5.74, 6) is 0. The zero-order chi connectivity index (χ0) is 13.1. The second-order valence-electron chi connectivity index (χ2n) is 4.15. The molecule has 0 fully saturated rings. The van der Waals surface area contributed by atoms with Gasteiger partial charge >= 0.3 is 0 Å². The highest BCUT2D eigenvalue weighted by Crippen LogP contribution is 2.28. The summed E-state index contributed by atoms with van der Waals surface area (Å²) in [5.41, 5.74) is 2.91. The van der Waals surface area contributed by atoms with Crippen molar-refractivity contribution in [3.05, 3.63) is 62.3 Å². The van der Waals surface area contributed by atoms with Crippen molar-refractivity contribution in [1.82, 2.24) is 4.98 Å². The normalized spacial score (nSPS) is 12.4.